The fourth-order valence-corrected chi connectivity index (χ4v) is 2.88. The van der Waals surface area contributed by atoms with Crippen LogP contribution < -0.4 is 0 Å². The molecule has 0 bridgehead atoms. The summed E-state index contributed by atoms with van der Waals surface area (Å²) in [4.78, 5) is 4.44. The molecule has 0 aliphatic carbocycles. The van der Waals surface area contributed by atoms with Gasteiger partial charge in [-0.3, -0.25) is 4.98 Å². The fourth-order valence-electron chi connectivity index (χ4n) is 2.88. The first-order chi connectivity index (χ1) is 12.3. The van der Waals surface area contributed by atoms with Crippen LogP contribution in [0.5, 0.6) is 5.88 Å². The van der Waals surface area contributed by atoms with Crippen molar-refractivity contribution in [2.24, 2.45) is 0 Å². The summed E-state index contributed by atoms with van der Waals surface area (Å²) in [7, 11) is 0. The number of aromatic nitrogens is 3. The second-order valence-corrected chi connectivity index (χ2v) is 5.59. The average molecular weight is 326 g/mol. The number of pyridine rings is 1. The molecule has 0 unspecified atom stereocenters. The Morgan fingerprint density at radius 1 is 0.600 bits per heavy atom. The third-order valence-corrected chi connectivity index (χ3v) is 4.00. The molecule has 0 radical (unpaired) electrons. The minimum absolute atomic E-state index is 0.122. The minimum atomic E-state index is 0.122. The predicted molar refractivity (Wildman–Crippen MR) is 99.2 cm³/mol. The van der Waals surface area contributed by atoms with Gasteiger partial charge in [-0.25, -0.2) is 0 Å². The molecule has 2 N–H and O–H groups in total. The van der Waals surface area contributed by atoms with Crippen molar-refractivity contribution < 1.29 is 5.11 Å². The fraction of sp³-hybridized carbons (Fsp3) is 0. The lowest BCUT2D eigenvalue weighted by Crippen LogP contribution is -1.98. The maximum absolute atomic E-state index is 8.34. The van der Waals surface area contributed by atoms with Gasteiger partial charge in [-0.05, 0) is 17.7 Å². The molecule has 0 atom stereocenters. The standard InChI is InChI=1S/C21H15N3O/c25-21-19(17-13-7-8-14-22-17)18(15-9-3-1-4-10-15)20(23-24-21)16-11-5-2-6-12-16/h1-14H,(H,24,25)/p+1. The van der Waals surface area contributed by atoms with Crippen LogP contribution in [0.4, 0.5) is 0 Å². The minimum Gasteiger partial charge on any atom is -0.577 e. The Balaban J connectivity index is 2.08. The van der Waals surface area contributed by atoms with Crippen molar-refractivity contribution in [1.29, 1.82) is 0 Å². The van der Waals surface area contributed by atoms with E-state index in [9.17, 15) is 0 Å². The van der Waals surface area contributed by atoms with Gasteiger partial charge in [0.1, 0.15) is 11.3 Å². The van der Waals surface area contributed by atoms with Crippen molar-refractivity contribution in [1.82, 2.24) is 15.2 Å². The molecule has 4 rings (SSSR count). The molecule has 2 aromatic carbocycles. The zero-order valence-electron chi connectivity index (χ0n) is 13.4. The lowest BCUT2D eigenvalue weighted by molar-refractivity contribution is 0.448. The topological polar surface area (TPSA) is 61.6 Å². The average Bonchev–Trinajstić information content (AvgIpc) is 2.70. The molecule has 2 aromatic heterocycles. The van der Waals surface area contributed by atoms with Gasteiger partial charge in [0, 0.05) is 17.3 Å². The molecule has 0 aliphatic rings. The lowest BCUT2D eigenvalue weighted by Gasteiger charge is -2.13. The summed E-state index contributed by atoms with van der Waals surface area (Å²) in [5, 5.41) is 16.8. The highest BCUT2D eigenvalue weighted by Crippen LogP contribution is 2.41. The van der Waals surface area contributed by atoms with Gasteiger partial charge >= 0.3 is 5.88 Å². The van der Waals surface area contributed by atoms with Crippen molar-refractivity contribution in [3.63, 3.8) is 0 Å². The van der Waals surface area contributed by atoms with E-state index in [0.717, 1.165) is 28.1 Å². The first kappa shape index (κ1) is 15.0. The SMILES string of the molecule is [OH2+]c1nnc(-c2ccccc2)c(-c2ccccc2)c1-c1ccccn1. The van der Waals surface area contributed by atoms with E-state index >= 15 is 0 Å². The number of hydrogen-bond acceptors (Lipinski definition) is 3. The summed E-state index contributed by atoms with van der Waals surface area (Å²) in [5.41, 5.74) is 5.00. The van der Waals surface area contributed by atoms with Gasteiger partial charge in [0.05, 0.1) is 5.69 Å². The van der Waals surface area contributed by atoms with Crippen molar-refractivity contribution in [2.45, 2.75) is 0 Å². The van der Waals surface area contributed by atoms with Crippen LogP contribution in [0.25, 0.3) is 33.6 Å². The quantitative estimate of drug-likeness (QED) is 0.527. The molecule has 0 saturated heterocycles. The summed E-state index contributed by atoms with van der Waals surface area (Å²) < 4.78 is 0. The van der Waals surface area contributed by atoms with Gasteiger partial charge in [0.25, 0.3) is 0 Å². The molecule has 2 heterocycles. The summed E-state index contributed by atoms with van der Waals surface area (Å²) >= 11 is 0. The van der Waals surface area contributed by atoms with Gasteiger partial charge < -0.3 is 5.11 Å². The Morgan fingerprint density at radius 3 is 1.88 bits per heavy atom. The van der Waals surface area contributed by atoms with Crippen LogP contribution >= 0.6 is 0 Å². The summed E-state index contributed by atoms with van der Waals surface area (Å²) in [5.74, 6) is 0.122. The zero-order chi connectivity index (χ0) is 17.1. The first-order valence-electron chi connectivity index (χ1n) is 7.99. The van der Waals surface area contributed by atoms with Crippen molar-refractivity contribution in [2.75, 3.05) is 0 Å². The highest BCUT2D eigenvalue weighted by Gasteiger charge is 2.23. The molecule has 4 nitrogen and oxygen atoms in total. The molecule has 0 amide bonds. The van der Waals surface area contributed by atoms with Gasteiger partial charge in [0.15, 0.2) is 0 Å². The second kappa shape index (κ2) is 6.53. The van der Waals surface area contributed by atoms with Gasteiger partial charge in [-0.1, -0.05) is 71.8 Å². The van der Waals surface area contributed by atoms with Gasteiger partial charge in [0.2, 0.25) is 0 Å². The molecular weight excluding hydrogens is 310 g/mol. The maximum atomic E-state index is 8.34. The molecule has 0 aliphatic heterocycles. The Morgan fingerprint density at radius 2 is 1.24 bits per heavy atom. The van der Waals surface area contributed by atoms with E-state index in [-0.39, 0.29) is 5.88 Å². The molecule has 0 saturated carbocycles. The molecule has 4 heteroatoms. The third kappa shape index (κ3) is 2.85. The molecule has 120 valence electrons. The van der Waals surface area contributed by atoms with Crippen LogP contribution in [0.2, 0.25) is 0 Å². The highest BCUT2D eigenvalue weighted by atomic mass is 16.3. The zero-order valence-corrected chi connectivity index (χ0v) is 13.4. The van der Waals surface area contributed by atoms with Crippen molar-refractivity contribution >= 4 is 0 Å². The Kier molecular flexibility index (Phi) is 3.92. The molecule has 0 spiro atoms. The van der Waals surface area contributed by atoms with Crippen LogP contribution in [0.3, 0.4) is 0 Å². The van der Waals surface area contributed by atoms with Gasteiger partial charge in [-0.15, -0.1) is 5.10 Å². The van der Waals surface area contributed by atoms with E-state index in [1.54, 1.807) is 6.20 Å². The van der Waals surface area contributed by atoms with Crippen LogP contribution in [-0.2, 0) is 0 Å². The number of nitrogens with zero attached hydrogens (tertiary/aromatic N) is 3. The van der Waals surface area contributed by atoms with E-state index < -0.39 is 0 Å². The summed E-state index contributed by atoms with van der Waals surface area (Å²) in [6.07, 6.45) is 1.73. The predicted octanol–water partition coefficient (Wildman–Crippen LogP) is 4.31. The summed E-state index contributed by atoms with van der Waals surface area (Å²) in [6.45, 7) is 0. The highest BCUT2D eigenvalue weighted by molar-refractivity contribution is 5.93. The first-order valence-corrected chi connectivity index (χ1v) is 7.99. The Bertz CT molecular complexity index is 988. The van der Waals surface area contributed by atoms with E-state index in [2.05, 4.69) is 15.2 Å². The maximum Gasteiger partial charge on any atom is 0.386 e. The Labute approximate surface area is 145 Å². The normalized spacial score (nSPS) is 10.6. The third-order valence-electron chi connectivity index (χ3n) is 4.00. The lowest BCUT2D eigenvalue weighted by atomic mass is 9.94. The molecule has 0 fully saturated rings. The molecule has 25 heavy (non-hydrogen) atoms. The summed E-state index contributed by atoms with van der Waals surface area (Å²) in [6, 6.07) is 25.6. The van der Waals surface area contributed by atoms with E-state index in [4.69, 9.17) is 5.11 Å². The second-order valence-electron chi connectivity index (χ2n) is 5.59. The van der Waals surface area contributed by atoms with Crippen molar-refractivity contribution in [3.8, 4) is 39.5 Å². The van der Waals surface area contributed by atoms with Crippen LogP contribution in [0.15, 0.2) is 85.1 Å². The van der Waals surface area contributed by atoms with Crippen LogP contribution in [-0.4, -0.2) is 20.3 Å². The molecular formula is C21H16N3O+. The molecule has 4 aromatic rings. The largest absolute Gasteiger partial charge is 0.577 e. The van der Waals surface area contributed by atoms with E-state index in [1.165, 1.54) is 0 Å². The van der Waals surface area contributed by atoms with Gasteiger partial charge in [-0.2, -0.15) is 0 Å². The number of benzene rings is 2. The Hall–Kier alpha value is -3.53. The monoisotopic (exact) mass is 326 g/mol. The van der Waals surface area contributed by atoms with Crippen molar-refractivity contribution in [3.05, 3.63) is 85.1 Å². The van der Waals surface area contributed by atoms with E-state index in [1.807, 2.05) is 78.9 Å². The smallest absolute Gasteiger partial charge is 0.386 e. The van der Waals surface area contributed by atoms with Crippen LogP contribution in [0, 0.1) is 0 Å². The number of rotatable bonds is 3. The number of hydrogen-bond donors (Lipinski definition) is 0. The van der Waals surface area contributed by atoms with E-state index in [0.29, 0.717) is 5.56 Å². The van der Waals surface area contributed by atoms with Crippen LogP contribution in [0.1, 0.15) is 0 Å².